The van der Waals surface area contributed by atoms with E-state index in [2.05, 4.69) is 38.1 Å². The predicted octanol–water partition coefficient (Wildman–Crippen LogP) is 2.56. The van der Waals surface area contributed by atoms with Crippen molar-refractivity contribution < 1.29 is 0 Å². The van der Waals surface area contributed by atoms with E-state index in [4.69, 9.17) is 5.73 Å². The van der Waals surface area contributed by atoms with Crippen LogP contribution in [0.3, 0.4) is 0 Å². The van der Waals surface area contributed by atoms with Gasteiger partial charge >= 0.3 is 0 Å². The number of nitrogens with two attached hydrogens (primary N) is 1. The molecule has 4 heteroatoms. The van der Waals surface area contributed by atoms with Crippen molar-refractivity contribution in [3.05, 3.63) is 51.4 Å². The summed E-state index contributed by atoms with van der Waals surface area (Å²) in [6, 6.07) is 8.25. The van der Waals surface area contributed by atoms with E-state index in [0.717, 1.165) is 30.6 Å². The van der Waals surface area contributed by atoms with Crippen molar-refractivity contribution in [1.29, 1.82) is 0 Å². The summed E-state index contributed by atoms with van der Waals surface area (Å²) in [5.74, 6) is 0. The van der Waals surface area contributed by atoms with Gasteiger partial charge in [-0.3, -0.25) is 9.48 Å². The highest BCUT2D eigenvalue weighted by Gasteiger charge is 2.15. The number of anilines is 1. The van der Waals surface area contributed by atoms with Crippen molar-refractivity contribution in [2.45, 2.75) is 46.7 Å². The third-order valence-electron chi connectivity index (χ3n) is 3.62. The van der Waals surface area contributed by atoms with E-state index in [1.165, 1.54) is 5.56 Å². The molecule has 1 aromatic carbocycles. The molecule has 0 radical (unpaired) electrons. The molecule has 0 spiro atoms. The van der Waals surface area contributed by atoms with E-state index in [1.54, 1.807) is 4.68 Å². The number of hydrogen-bond acceptors (Lipinski definition) is 2. The topological polar surface area (TPSA) is 53.0 Å². The van der Waals surface area contributed by atoms with E-state index >= 15 is 0 Å². The lowest BCUT2D eigenvalue weighted by Crippen LogP contribution is -2.24. The van der Waals surface area contributed by atoms with Crippen molar-refractivity contribution >= 4 is 5.69 Å². The SMILES string of the molecule is CCCc1c(N)c(=O)n(Cc2ccc(C)cc2)n1CC. The quantitative estimate of drug-likeness (QED) is 0.910. The molecule has 108 valence electrons. The molecule has 0 fully saturated rings. The third kappa shape index (κ3) is 2.64. The molecule has 0 aliphatic rings. The molecule has 0 unspecified atom stereocenters. The van der Waals surface area contributed by atoms with Crippen LogP contribution in [0.25, 0.3) is 0 Å². The minimum Gasteiger partial charge on any atom is -0.393 e. The summed E-state index contributed by atoms with van der Waals surface area (Å²) >= 11 is 0. The van der Waals surface area contributed by atoms with Crippen molar-refractivity contribution in [2.24, 2.45) is 0 Å². The van der Waals surface area contributed by atoms with Crippen LogP contribution in [0.2, 0.25) is 0 Å². The summed E-state index contributed by atoms with van der Waals surface area (Å²) in [6.45, 7) is 7.53. The molecule has 2 rings (SSSR count). The molecule has 0 aliphatic carbocycles. The Hall–Kier alpha value is -1.97. The predicted molar refractivity (Wildman–Crippen MR) is 83.1 cm³/mol. The normalized spacial score (nSPS) is 10.9. The summed E-state index contributed by atoms with van der Waals surface area (Å²) in [6.07, 6.45) is 1.83. The third-order valence-corrected chi connectivity index (χ3v) is 3.62. The first kappa shape index (κ1) is 14.4. The van der Waals surface area contributed by atoms with Gasteiger partial charge in [-0.1, -0.05) is 43.2 Å². The number of nitrogen functional groups attached to an aromatic ring is 1. The van der Waals surface area contributed by atoms with E-state index < -0.39 is 0 Å². The standard InChI is InChI=1S/C16H23N3O/c1-4-6-14-15(17)16(20)19(18(14)5-2)11-13-9-7-12(3)8-10-13/h7-10H,4-6,11,17H2,1-3H3. The van der Waals surface area contributed by atoms with Gasteiger partial charge in [0.15, 0.2) is 0 Å². The maximum absolute atomic E-state index is 12.3. The van der Waals surface area contributed by atoms with Crippen LogP contribution in [-0.4, -0.2) is 9.36 Å². The lowest BCUT2D eigenvalue weighted by Gasteiger charge is -2.13. The van der Waals surface area contributed by atoms with E-state index in [0.29, 0.717) is 12.2 Å². The van der Waals surface area contributed by atoms with Gasteiger partial charge in [-0.05, 0) is 25.8 Å². The fraction of sp³-hybridized carbons (Fsp3) is 0.438. The van der Waals surface area contributed by atoms with Gasteiger partial charge in [0.05, 0.1) is 12.2 Å². The zero-order valence-electron chi connectivity index (χ0n) is 12.5. The molecule has 0 amide bonds. The zero-order valence-corrected chi connectivity index (χ0v) is 12.5. The van der Waals surface area contributed by atoms with Gasteiger partial charge in [0, 0.05) is 6.54 Å². The second-order valence-corrected chi connectivity index (χ2v) is 5.17. The van der Waals surface area contributed by atoms with Crippen LogP contribution in [-0.2, 0) is 19.5 Å². The average Bonchev–Trinajstić information content (AvgIpc) is 2.67. The monoisotopic (exact) mass is 273 g/mol. The minimum atomic E-state index is -0.0733. The number of aromatic nitrogens is 2. The van der Waals surface area contributed by atoms with Gasteiger partial charge in [-0.15, -0.1) is 0 Å². The maximum Gasteiger partial charge on any atom is 0.290 e. The van der Waals surface area contributed by atoms with E-state index in [1.807, 2.05) is 11.6 Å². The first-order valence-corrected chi connectivity index (χ1v) is 7.22. The smallest absolute Gasteiger partial charge is 0.290 e. The Bertz CT molecular complexity index is 635. The van der Waals surface area contributed by atoms with Crippen molar-refractivity contribution in [3.8, 4) is 0 Å². The molecule has 0 atom stereocenters. The van der Waals surface area contributed by atoms with Crippen molar-refractivity contribution in [1.82, 2.24) is 9.36 Å². The maximum atomic E-state index is 12.3. The average molecular weight is 273 g/mol. The molecule has 4 nitrogen and oxygen atoms in total. The Balaban J connectivity index is 2.43. The number of hydrogen-bond donors (Lipinski definition) is 1. The summed E-state index contributed by atoms with van der Waals surface area (Å²) in [7, 11) is 0. The van der Waals surface area contributed by atoms with Gasteiger partial charge in [0.1, 0.15) is 5.69 Å². The van der Waals surface area contributed by atoms with Crippen LogP contribution in [0.4, 0.5) is 5.69 Å². The summed E-state index contributed by atoms with van der Waals surface area (Å²) < 4.78 is 3.77. The van der Waals surface area contributed by atoms with Crippen molar-refractivity contribution in [3.63, 3.8) is 0 Å². The number of benzene rings is 1. The largest absolute Gasteiger partial charge is 0.393 e. The first-order chi connectivity index (χ1) is 9.58. The molecule has 2 aromatic rings. The summed E-state index contributed by atoms with van der Waals surface area (Å²) in [5.41, 5.74) is 9.62. The Morgan fingerprint density at radius 2 is 1.75 bits per heavy atom. The molecular weight excluding hydrogens is 250 g/mol. The van der Waals surface area contributed by atoms with Crippen LogP contribution in [0.5, 0.6) is 0 Å². The highest BCUT2D eigenvalue weighted by atomic mass is 16.1. The van der Waals surface area contributed by atoms with Crippen LogP contribution in [0.1, 0.15) is 37.1 Å². The van der Waals surface area contributed by atoms with Gasteiger partial charge in [0.25, 0.3) is 5.56 Å². The fourth-order valence-electron chi connectivity index (χ4n) is 2.54. The lowest BCUT2D eigenvalue weighted by molar-refractivity contribution is 0.471. The molecule has 0 saturated heterocycles. The summed E-state index contributed by atoms with van der Waals surface area (Å²) in [5, 5.41) is 0. The second kappa shape index (κ2) is 5.99. The molecular formula is C16H23N3O. The van der Waals surface area contributed by atoms with Crippen LogP contribution in [0.15, 0.2) is 29.1 Å². The molecule has 0 saturated carbocycles. The molecule has 2 N–H and O–H groups in total. The highest BCUT2D eigenvalue weighted by molar-refractivity contribution is 5.42. The molecule has 0 bridgehead atoms. The second-order valence-electron chi connectivity index (χ2n) is 5.17. The lowest BCUT2D eigenvalue weighted by atomic mass is 10.1. The summed E-state index contributed by atoms with van der Waals surface area (Å²) in [4.78, 5) is 12.3. The molecule has 1 aromatic heterocycles. The Labute approximate surface area is 119 Å². The van der Waals surface area contributed by atoms with Gasteiger partial charge in [0.2, 0.25) is 0 Å². The molecule has 20 heavy (non-hydrogen) atoms. The van der Waals surface area contributed by atoms with Gasteiger partial charge in [-0.25, -0.2) is 4.68 Å². The molecule has 1 heterocycles. The van der Waals surface area contributed by atoms with Crippen LogP contribution >= 0.6 is 0 Å². The Kier molecular flexibility index (Phi) is 4.32. The van der Waals surface area contributed by atoms with Crippen molar-refractivity contribution in [2.75, 3.05) is 5.73 Å². The van der Waals surface area contributed by atoms with Gasteiger partial charge < -0.3 is 5.73 Å². The zero-order chi connectivity index (χ0) is 14.7. The Morgan fingerprint density at radius 3 is 2.30 bits per heavy atom. The number of nitrogens with zero attached hydrogens (tertiary/aromatic N) is 2. The van der Waals surface area contributed by atoms with E-state index in [9.17, 15) is 4.79 Å². The Morgan fingerprint density at radius 1 is 1.10 bits per heavy atom. The molecule has 0 aliphatic heterocycles. The van der Waals surface area contributed by atoms with Crippen LogP contribution in [0, 0.1) is 6.92 Å². The highest BCUT2D eigenvalue weighted by Crippen LogP contribution is 2.13. The van der Waals surface area contributed by atoms with E-state index in [-0.39, 0.29) is 5.56 Å². The van der Waals surface area contributed by atoms with Crippen LogP contribution < -0.4 is 11.3 Å². The number of rotatable bonds is 5. The first-order valence-electron chi connectivity index (χ1n) is 7.22. The fourth-order valence-corrected chi connectivity index (χ4v) is 2.54. The minimum absolute atomic E-state index is 0.0733. The van der Waals surface area contributed by atoms with Gasteiger partial charge in [-0.2, -0.15) is 0 Å². The number of aryl methyl sites for hydroxylation is 1.